The Morgan fingerprint density at radius 2 is 2.22 bits per heavy atom. The topological polar surface area (TPSA) is 37.4 Å². The quantitative estimate of drug-likeness (QED) is 0.885. The van der Waals surface area contributed by atoms with Crippen molar-refractivity contribution in [2.24, 2.45) is 0 Å². The number of hydrogen-bond donors (Lipinski definition) is 1. The van der Waals surface area contributed by atoms with E-state index in [9.17, 15) is 0 Å². The van der Waals surface area contributed by atoms with Crippen molar-refractivity contribution >= 4 is 5.82 Å². The van der Waals surface area contributed by atoms with E-state index in [1.54, 1.807) is 0 Å². The average Bonchev–Trinajstić information content (AvgIpc) is 2.27. The summed E-state index contributed by atoms with van der Waals surface area (Å²) in [6.07, 6.45) is 0. The zero-order valence-corrected chi connectivity index (χ0v) is 11.8. The van der Waals surface area contributed by atoms with Gasteiger partial charge in [-0.2, -0.15) is 0 Å². The molecule has 0 atom stereocenters. The highest BCUT2D eigenvalue weighted by atomic mass is 16.5. The van der Waals surface area contributed by atoms with Crippen molar-refractivity contribution in [3.63, 3.8) is 0 Å². The summed E-state index contributed by atoms with van der Waals surface area (Å²) in [5.74, 6) is 1.07. The third-order valence-corrected chi connectivity index (χ3v) is 3.13. The molecule has 100 valence electrons. The van der Waals surface area contributed by atoms with Crippen LogP contribution in [0.2, 0.25) is 0 Å². The molecule has 1 aromatic rings. The molecule has 0 radical (unpaired) electrons. The molecule has 1 fully saturated rings. The van der Waals surface area contributed by atoms with E-state index < -0.39 is 0 Å². The lowest BCUT2D eigenvalue weighted by Crippen LogP contribution is -2.48. The second-order valence-corrected chi connectivity index (χ2v) is 5.54. The van der Waals surface area contributed by atoms with E-state index in [1.807, 2.05) is 14.0 Å². The number of hydrogen-bond acceptors (Lipinski definition) is 4. The normalized spacial score (nSPS) is 19.0. The highest BCUT2D eigenvalue weighted by molar-refractivity contribution is 5.43. The molecule has 4 heteroatoms. The number of morpholine rings is 1. The maximum absolute atomic E-state index is 5.74. The molecule has 0 saturated carbocycles. The van der Waals surface area contributed by atoms with Crippen LogP contribution in [0.5, 0.6) is 0 Å². The number of anilines is 1. The Morgan fingerprint density at radius 1 is 1.44 bits per heavy atom. The van der Waals surface area contributed by atoms with E-state index in [-0.39, 0.29) is 5.60 Å². The van der Waals surface area contributed by atoms with Crippen LogP contribution in [-0.2, 0) is 11.3 Å². The van der Waals surface area contributed by atoms with Gasteiger partial charge >= 0.3 is 0 Å². The Balaban J connectivity index is 2.21. The van der Waals surface area contributed by atoms with E-state index in [4.69, 9.17) is 4.74 Å². The smallest absolute Gasteiger partial charge is 0.129 e. The second-order valence-electron chi connectivity index (χ2n) is 5.54. The van der Waals surface area contributed by atoms with Gasteiger partial charge in [-0.1, -0.05) is 0 Å². The summed E-state index contributed by atoms with van der Waals surface area (Å²) in [6, 6.07) is 4.30. The third-order valence-electron chi connectivity index (χ3n) is 3.13. The number of pyridine rings is 1. The Hall–Kier alpha value is -1.13. The lowest BCUT2D eigenvalue weighted by molar-refractivity contribution is -0.0279. The van der Waals surface area contributed by atoms with Gasteiger partial charge in [0.05, 0.1) is 12.2 Å². The van der Waals surface area contributed by atoms with Gasteiger partial charge in [0.1, 0.15) is 5.82 Å². The van der Waals surface area contributed by atoms with Crippen molar-refractivity contribution < 1.29 is 4.74 Å². The lowest BCUT2D eigenvalue weighted by Gasteiger charge is -2.39. The fraction of sp³-hybridized carbons (Fsp3) is 0.643. The predicted molar refractivity (Wildman–Crippen MR) is 74.0 cm³/mol. The van der Waals surface area contributed by atoms with Gasteiger partial charge in [0.2, 0.25) is 0 Å². The van der Waals surface area contributed by atoms with Gasteiger partial charge in [0, 0.05) is 25.3 Å². The van der Waals surface area contributed by atoms with Crippen molar-refractivity contribution in [1.82, 2.24) is 10.3 Å². The molecule has 0 aromatic carbocycles. The van der Waals surface area contributed by atoms with Crippen molar-refractivity contribution in [3.05, 3.63) is 23.4 Å². The molecule has 0 unspecified atom stereocenters. The molecular weight excluding hydrogens is 226 g/mol. The molecule has 1 N–H and O–H groups in total. The van der Waals surface area contributed by atoms with Crippen LogP contribution in [0.4, 0.5) is 5.82 Å². The van der Waals surface area contributed by atoms with Crippen LogP contribution in [0.3, 0.4) is 0 Å². The first-order valence-electron chi connectivity index (χ1n) is 6.51. The molecule has 0 bridgehead atoms. The van der Waals surface area contributed by atoms with Crippen LogP contribution in [-0.4, -0.2) is 37.3 Å². The number of aromatic nitrogens is 1. The largest absolute Gasteiger partial charge is 0.372 e. The molecule has 18 heavy (non-hydrogen) atoms. The number of aryl methyl sites for hydroxylation is 1. The SMILES string of the molecule is CNCc1cc(C)nc(N2CCOC(C)(C)C2)c1. The van der Waals surface area contributed by atoms with Gasteiger partial charge in [-0.15, -0.1) is 0 Å². The van der Waals surface area contributed by atoms with Gasteiger partial charge in [-0.05, 0) is 45.5 Å². The average molecular weight is 249 g/mol. The minimum atomic E-state index is -0.0904. The standard InChI is InChI=1S/C14H23N3O/c1-11-7-12(9-15-4)8-13(16-11)17-5-6-18-14(2,3)10-17/h7-8,15H,5-6,9-10H2,1-4H3. The Morgan fingerprint density at radius 3 is 2.89 bits per heavy atom. The monoisotopic (exact) mass is 249 g/mol. The predicted octanol–water partition coefficient (Wildman–Crippen LogP) is 1.72. The van der Waals surface area contributed by atoms with Crippen molar-refractivity contribution in [3.8, 4) is 0 Å². The third kappa shape index (κ3) is 3.21. The number of ether oxygens (including phenoxy) is 1. The van der Waals surface area contributed by atoms with Crippen LogP contribution in [0.25, 0.3) is 0 Å². The zero-order chi connectivity index (χ0) is 13.2. The summed E-state index contributed by atoms with van der Waals surface area (Å²) in [5, 5.41) is 3.19. The summed E-state index contributed by atoms with van der Waals surface area (Å²) in [5.41, 5.74) is 2.26. The van der Waals surface area contributed by atoms with Crippen LogP contribution in [0.1, 0.15) is 25.1 Å². The molecular formula is C14H23N3O. The minimum Gasteiger partial charge on any atom is -0.372 e. The van der Waals surface area contributed by atoms with Crippen LogP contribution in [0.15, 0.2) is 12.1 Å². The van der Waals surface area contributed by atoms with E-state index in [0.29, 0.717) is 0 Å². The molecule has 0 spiro atoms. The Kier molecular flexibility index (Phi) is 3.88. The minimum absolute atomic E-state index is 0.0904. The van der Waals surface area contributed by atoms with Gasteiger partial charge in [0.25, 0.3) is 0 Å². The zero-order valence-electron chi connectivity index (χ0n) is 11.8. The highest BCUT2D eigenvalue weighted by Crippen LogP contribution is 2.22. The first-order chi connectivity index (χ1) is 8.50. The second kappa shape index (κ2) is 5.24. The molecule has 1 aliphatic heterocycles. The fourth-order valence-corrected chi connectivity index (χ4v) is 2.40. The first kappa shape index (κ1) is 13.3. The van der Waals surface area contributed by atoms with Crippen molar-refractivity contribution in [1.29, 1.82) is 0 Å². The number of nitrogens with one attached hydrogen (secondary N) is 1. The Labute approximate surface area is 109 Å². The molecule has 0 amide bonds. The summed E-state index contributed by atoms with van der Waals surface area (Å²) < 4.78 is 5.74. The molecule has 1 aliphatic rings. The maximum atomic E-state index is 5.74. The molecule has 1 saturated heterocycles. The molecule has 2 rings (SSSR count). The van der Waals surface area contributed by atoms with E-state index >= 15 is 0 Å². The lowest BCUT2D eigenvalue weighted by atomic mass is 10.1. The van der Waals surface area contributed by atoms with Gasteiger partial charge in [-0.25, -0.2) is 4.98 Å². The van der Waals surface area contributed by atoms with Crippen LogP contribution in [0, 0.1) is 6.92 Å². The highest BCUT2D eigenvalue weighted by Gasteiger charge is 2.28. The van der Waals surface area contributed by atoms with Crippen molar-refractivity contribution in [2.45, 2.75) is 32.9 Å². The summed E-state index contributed by atoms with van der Waals surface area (Å²) in [6.45, 7) is 9.76. The summed E-state index contributed by atoms with van der Waals surface area (Å²) >= 11 is 0. The first-order valence-corrected chi connectivity index (χ1v) is 6.51. The van der Waals surface area contributed by atoms with E-state index in [0.717, 1.165) is 37.8 Å². The van der Waals surface area contributed by atoms with Crippen LogP contribution >= 0.6 is 0 Å². The number of nitrogens with zero attached hydrogens (tertiary/aromatic N) is 2. The van der Waals surface area contributed by atoms with Gasteiger partial charge < -0.3 is 15.0 Å². The fourth-order valence-electron chi connectivity index (χ4n) is 2.40. The number of rotatable bonds is 3. The van der Waals surface area contributed by atoms with Gasteiger partial charge in [-0.3, -0.25) is 0 Å². The molecule has 4 nitrogen and oxygen atoms in total. The van der Waals surface area contributed by atoms with E-state index in [2.05, 4.69) is 41.2 Å². The van der Waals surface area contributed by atoms with Gasteiger partial charge in [0.15, 0.2) is 0 Å². The summed E-state index contributed by atoms with van der Waals surface area (Å²) in [4.78, 5) is 6.96. The summed E-state index contributed by atoms with van der Waals surface area (Å²) in [7, 11) is 1.97. The Bertz CT molecular complexity index is 418. The maximum Gasteiger partial charge on any atom is 0.129 e. The molecule has 1 aromatic heterocycles. The van der Waals surface area contributed by atoms with E-state index in [1.165, 1.54) is 5.56 Å². The molecule has 0 aliphatic carbocycles. The molecule has 2 heterocycles. The van der Waals surface area contributed by atoms with Crippen molar-refractivity contribution in [2.75, 3.05) is 31.6 Å². The van der Waals surface area contributed by atoms with Crippen LogP contribution < -0.4 is 10.2 Å².